The van der Waals surface area contributed by atoms with Crippen LogP contribution in [0.25, 0.3) is 0 Å². The first-order valence-electron chi connectivity index (χ1n) is 6.02. The number of nitriles is 1. The third-order valence-electron chi connectivity index (χ3n) is 4.09. The maximum atomic E-state index is 11.7. The van der Waals surface area contributed by atoms with Gasteiger partial charge in [-0.05, 0) is 24.7 Å². The summed E-state index contributed by atoms with van der Waals surface area (Å²) >= 11 is 0. The van der Waals surface area contributed by atoms with Crippen molar-refractivity contribution in [1.82, 2.24) is 5.32 Å². The second-order valence-corrected chi connectivity index (χ2v) is 4.85. The molecular formula is C12H18N2O. The van der Waals surface area contributed by atoms with Crippen LogP contribution < -0.4 is 5.32 Å². The van der Waals surface area contributed by atoms with Crippen molar-refractivity contribution in [2.75, 3.05) is 0 Å². The molecule has 2 aliphatic rings. The molecule has 2 fully saturated rings. The predicted octanol–water partition coefficient (Wildman–Crippen LogP) is 2.19. The summed E-state index contributed by atoms with van der Waals surface area (Å²) in [6.07, 6.45) is 10.3. The summed E-state index contributed by atoms with van der Waals surface area (Å²) in [5, 5.41) is 10.8. The minimum Gasteiger partial charge on any atom is -0.274 e. The molecule has 0 aromatic carbocycles. The lowest BCUT2D eigenvalue weighted by Gasteiger charge is -2.40. The Balaban J connectivity index is 2.03. The highest BCUT2D eigenvalue weighted by atomic mass is 16.1. The van der Waals surface area contributed by atoms with Gasteiger partial charge in [0.2, 0.25) is 5.91 Å². The van der Waals surface area contributed by atoms with Gasteiger partial charge in [0.15, 0.2) is 6.19 Å². The first-order chi connectivity index (χ1) is 7.33. The molecule has 3 atom stereocenters. The lowest BCUT2D eigenvalue weighted by Crippen LogP contribution is -2.39. The molecule has 15 heavy (non-hydrogen) atoms. The fourth-order valence-corrected chi connectivity index (χ4v) is 3.41. The van der Waals surface area contributed by atoms with Crippen molar-refractivity contribution in [2.24, 2.45) is 17.8 Å². The topological polar surface area (TPSA) is 52.9 Å². The average molecular weight is 206 g/mol. The number of hydrogen-bond donors (Lipinski definition) is 1. The molecule has 3 nitrogen and oxygen atoms in total. The molecule has 0 bridgehead atoms. The second kappa shape index (κ2) is 4.65. The van der Waals surface area contributed by atoms with Crippen LogP contribution >= 0.6 is 0 Å². The van der Waals surface area contributed by atoms with Gasteiger partial charge in [-0.25, -0.2) is 0 Å². The predicted molar refractivity (Wildman–Crippen MR) is 56.5 cm³/mol. The van der Waals surface area contributed by atoms with Gasteiger partial charge in [-0.2, -0.15) is 5.26 Å². The summed E-state index contributed by atoms with van der Waals surface area (Å²) in [5.41, 5.74) is 0. The van der Waals surface area contributed by atoms with Crippen LogP contribution in [0, 0.1) is 29.2 Å². The van der Waals surface area contributed by atoms with Gasteiger partial charge < -0.3 is 0 Å². The molecule has 0 aromatic rings. The lowest BCUT2D eigenvalue weighted by molar-refractivity contribution is -0.128. The van der Waals surface area contributed by atoms with E-state index in [1.54, 1.807) is 6.19 Å². The van der Waals surface area contributed by atoms with Crippen LogP contribution in [-0.4, -0.2) is 5.91 Å². The molecule has 82 valence electrons. The Morgan fingerprint density at radius 2 is 1.87 bits per heavy atom. The fourth-order valence-electron chi connectivity index (χ4n) is 3.41. The third kappa shape index (κ3) is 2.14. The zero-order valence-corrected chi connectivity index (χ0v) is 9.04. The van der Waals surface area contributed by atoms with Crippen LogP contribution in [0.2, 0.25) is 0 Å². The van der Waals surface area contributed by atoms with Crippen LogP contribution in [-0.2, 0) is 4.79 Å². The number of carbonyl (C=O) groups excluding carboxylic acids is 1. The molecule has 0 saturated heterocycles. The van der Waals surface area contributed by atoms with Crippen LogP contribution in [0.4, 0.5) is 0 Å². The average Bonchev–Trinajstić information content (AvgIpc) is 2.28. The molecule has 0 aromatic heterocycles. The highest BCUT2D eigenvalue weighted by Gasteiger charge is 2.38. The van der Waals surface area contributed by atoms with Gasteiger partial charge in [-0.3, -0.25) is 10.1 Å². The monoisotopic (exact) mass is 206 g/mol. The molecule has 0 aliphatic heterocycles. The minimum atomic E-state index is -0.0332. The van der Waals surface area contributed by atoms with Gasteiger partial charge in [0.05, 0.1) is 0 Å². The van der Waals surface area contributed by atoms with Crippen LogP contribution in [0.1, 0.15) is 44.9 Å². The third-order valence-corrected chi connectivity index (χ3v) is 4.09. The van der Waals surface area contributed by atoms with Crippen molar-refractivity contribution in [3.05, 3.63) is 0 Å². The first kappa shape index (κ1) is 10.5. The minimum absolute atomic E-state index is 0.0332. The van der Waals surface area contributed by atoms with E-state index in [0.717, 1.165) is 18.8 Å². The van der Waals surface area contributed by atoms with Gasteiger partial charge in [-0.1, -0.05) is 32.1 Å². The number of carbonyl (C=O) groups is 1. The SMILES string of the molecule is N#CNC(=O)C1CCCC2CCCCC21. The standard InChI is InChI=1S/C12H18N2O/c13-8-14-12(15)11-7-3-5-9-4-1-2-6-10(9)11/h9-11H,1-7H2,(H,14,15). The molecule has 3 heteroatoms. The molecular weight excluding hydrogens is 188 g/mol. The molecule has 1 amide bonds. The molecule has 1 N–H and O–H groups in total. The van der Waals surface area contributed by atoms with Crippen LogP contribution in [0.15, 0.2) is 0 Å². The Morgan fingerprint density at radius 1 is 1.13 bits per heavy atom. The van der Waals surface area contributed by atoms with Crippen molar-refractivity contribution in [1.29, 1.82) is 5.26 Å². The fraction of sp³-hybridized carbons (Fsp3) is 0.833. The quantitative estimate of drug-likeness (QED) is 0.528. The molecule has 0 spiro atoms. The summed E-state index contributed by atoms with van der Waals surface area (Å²) in [5.74, 6) is 1.39. The number of amides is 1. The van der Waals surface area contributed by atoms with Gasteiger partial charge in [0, 0.05) is 5.92 Å². The number of hydrogen-bond acceptors (Lipinski definition) is 2. The smallest absolute Gasteiger partial charge is 0.236 e. The maximum Gasteiger partial charge on any atom is 0.236 e. The summed E-state index contributed by atoms with van der Waals surface area (Å²) in [4.78, 5) is 11.7. The highest BCUT2D eigenvalue weighted by molar-refractivity contribution is 5.80. The van der Waals surface area contributed by atoms with Crippen molar-refractivity contribution in [3.63, 3.8) is 0 Å². The van der Waals surface area contributed by atoms with E-state index in [1.807, 2.05) is 0 Å². The Labute approximate surface area is 90.8 Å². The van der Waals surface area contributed by atoms with E-state index in [-0.39, 0.29) is 11.8 Å². The van der Waals surface area contributed by atoms with E-state index in [1.165, 1.54) is 32.1 Å². The number of nitrogens with one attached hydrogen (secondary N) is 1. The van der Waals surface area contributed by atoms with E-state index in [4.69, 9.17) is 5.26 Å². The zero-order chi connectivity index (χ0) is 10.7. The van der Waals surface area contributed by atoms with Crippen molar-refractivity contribution in [3.8, 4) is 6.19 Å². The van der Waals surface area contributed by atoms with Gasteiger partial charge in [0.25, 0.3) is 0 Å². The number of rotatable bonds is 1. The van der Waals surface area contributed by atoms with Crippen molar-refractivity contribution in [2.45, 2.75) is 44.9 Å². The Morgan fingerprint density at radius 3 is 2.67 bits per heavy atom. The van der Waals surface area contributed by atoms with Crippen LogP contribution in [0.3, 0.4) is 0 Å². The van der Waals surface area contributed by atoms with E-state index >= 15 is 0 Å². The first-order valence-corrected chi connectivity index (χ1v) is 6.02. The molecule has 3 unspecified atom stereocenters. The molecule has 2 saturated carbocycles. The number of fused-ring (bicyclic) bond motifs is 1. The van der Waals surface area contributed by atoms with E-state index in [0.29, 0.717) is 5.92 Å². The maximum absolute atomic E-state index is 11.7. The molecule has 2 rings (SSSR count). The summed E-state index contributed by atoms with van der Waals surface area (Å²) in [6.45, 7) is 0. The normalized spacial score (nSPS) is 35.0. The Kier molecular flexibility index (Phi) is 3.25. The Bertz CT molecular complexity index is 280. The van der Waals surface area contributed by atoms with Crippen molar-refractivity contribution < 1.29 is 4.79 Å². The summed E-state index contributed by atoms with van der Waals surface area (Å²) in [7, 11) is 0. The van der Waals surface area contributed by atoms with E-state index < -0.39 is 0 Å². The van der Waals surface area contributed by atoms with Crippen LogP contribution in [0.5, 0.6) is 0 Å². The highest BCUT2D eigenvalue weighted by Crippen LogP contribution is 2.43. The summed E-state index contributed by atoms with van der Waals surface area (Å²) in [6, 6.07) is 0. The summed E-state index contributed by atoms with van der Waals surface area (Å²) < 4.78 is 0. The van der Waals surface area contributed by atoms with E-state index in [9.17, 15) is 4.79 Å². The lowest BCUT2D eigenvalue weighted by atomic mass is 9.65. The molecule has 2 aliphatic carbocycles. The van der Waals surface area contributed by atoms with E-state index in [2.05, 4.69) is 5.32 Å². The van der Waals surface area contributed by atoms with Gasteiger partial charge in [0.1, 0.15) is 0 Å². The largest absolute Gasteiger partial charge is 0.274 e. The van der Waals surface area contributed by atoms with Crippen molar-refractivity contribution >= 4 is 5.91 Å². The van der Waals surface area contributed by atoms with Gasteiger partial charge in [-0.15, -0.1) is 0 Å². The second-order valence-electron chi connectivity index (χ2n) is 4.85. The molecule has 0 heterocycles. The number of nitrogens with zero attached hydrogens (tertiary/aromatic N) is 1. The molecule has 0 radical (unpaired) electrons. The Hall–Kier alpha value is -1.04. The van der Waals surface area contributed by atoms with Gasteiger partial charge >= 0.3 is 0 Å². The zero-order valence-electron chi connectivity index (χ0n) is 9.04.